The maximum atomic E-state index is 5.90. The molecule has 7 heteroatoms. The lowest BCUT2D eigenvalue weighted by Gasteiger charge is -2.26. The average Bonchev–Trinajstić information content (AvgIpc) is 2.67. The lowest BCUT2D eigenvalue weighted by Crippen LogP contribution is -2.39. The molecular formula is C19H24ClNO5. The molecule has 0 saturated heterocycles. The van der Waals surface area contributed by atoms with Crippen LogP contribution in [0.5, 0.6) is 28.7 Å². The number of rotatable bonds is 8. The van der Waals surface area contributed by atoms with Gasteiger partial charge in [-0.1, -0.05) is 18.2 Å². The van der Waals surface area contributed by atoms with Crippen LogP contribution < -0.4 is 29.0 Å². The summed E-state index contributed by atoms with van der Waals surface area (Å²) in [6.07, 6.45) is -0.0179. The first-order chi connectivity index (χ1) is 12.3. The summed E-state index contributed by atoms with van der Waals surface area (Å²) < 4.78 is 28.0. The van der Waals surface area contributed by atoms with Gasteiger partial charge in [-0.15, -0.1) is 12.4 Å². The Hall–Kier alpha value is -2.31. The van der Waals surface area contributed by atoms with Gasteiger partial charge in [0.05, 0.1) is 14.2 Å². The van der Waals surface area contributed by atoms with E-state index in [1.165, 1.54) is 0 Å². The van der Waals surface area contributed by atoms with Crippen LogP contribution in [0.1, 0.15) is 0 Å². The Morgan fingerprint density at radius 1 is 1.00 bits per heavy atom. The van der Waals surface area contributed by atoms with Crippen LogP contribution in [0, 0.1) is 0 Å². The fourth-order valence-corrected chi connectivity index (χ4v) is 2.61. The molecule has 0 fully saturated rings. The third-order valence-corrected chi connectivity index (χ3v) is 3.85. The van der Waals surface area contributed by atoms with E-state index in [0.717, 1.165) is 11.5 Å². The summed E-state index contributed by atoms with van der Waals surface area (Å²) in [5.41, 5.74) is 0. The number of fused-ring (bicyclic) bond motifs is 1. The molecule has 1 heterocycles. The number of ether oxygens (including phenoxy) is 5. The van der Waals surface area contributed by atoms with E-state index in [4.69, 9.17) is 23.7 Å². The smallest absolute Gasteiger partial charge is 0.203 e. The molecule has 2 aromatic rings. The standard InChI is InChI=1S/C19H23NO5.ClH/c1-21-17-8-5-9-18(22-2)19(17)23-11-10-20-12-14-13-24-15-6-3-4-7-16(15)25-14;/h3-9,14,20H,10-13H2,1-2H3;1H/t14-;/m0./s1. The van der Waals surface area contributed by atoms with Crippen molar-refractivity contribution in [3.8, 4) is 28.7 Å². The number of hydrogen-bond donors (Lipinski definition) is 1. The predicted molar refractivity (Wildman–Crippen MR) is 102 cm³/mol. The molecule has 3 rings (SSSR count). The number of hydrogen-bond acceptors (Lipinski definition) is 6. The second-order valence-electron chi connectivity index (χ2n) is 5.54. The summed E-state index contributed by atoms with van der Waals surface area (Å²) in [5.74, 6) is 3.50. The van der Waals surface area contributed by atoms with Gasteiger partial charge in [-0.3, -0.25) is 0 Å². The monoisotopic (exact) mass is 381 g/mol. The molecular weight excluding hydrogens is 358 g/mol. The summed E-state index contributed by atoms with van der Waals surface area (Å²) in [6, 6.07) is 13.2. The Morgan fingerprint density at radius 3 is 2.38 bits per heavy atom. The number of methoxy groups -OCH3 is 2. The number of halogens is 1. The molecule has 0 amide bonds. The number of nitrogens with one attached hydrogen (secondary N) is 1. The van der Waals surface area contributed by atoms with Crippen molar-refractivity contribution < 1.29 is 23.7 Å². The predicted octanol–water partition coefficient (Wildman–Crippen LogP) is 2.93. The van der Waals surface area contributed by atoms with Crippen molar-refractivity contribution in [1.82, 2.24) is 5.32 Å². The SMILES string of the molecule is COc1cccc(OC)c1OCCNC[C@H]1COc2ccccc2O1.Cl. The van der Waals surface area contributed by atoms with Crippen LogP contribution in [0.25, 0.3) is 0 Å². The highest BCUT2D eigenvalue weighted by Crippen LogP contribution is 2.36. The van der Waals surface area contributed by atoms with Crippen LogP contribution in [-0.2, 0) is 0 Å². The quantitative estimate of drug-likeness (QED) is 0.709. The van der Waals surface area contributed by atoms with E-state index in [0.29, 0.717) is 43.6 Å². The molecule has 1 atom stereocenters. The Labute approximate surface area is 159 Å². The summed E-state index contributed by atoms with van der Waals surface area (Å²) in [7, 11) is 3.22. The number of benzene rings is 2. The van der Waals surface area contributed by atoms with Crippen molar-refractivity contribution in [1.29, 1.82) is 0 Å². The van der Waals surface area contributed by atoms with Crippen LogP contribution in [0.15, 0.2) is 42.5 Å². The minimum absolute atomic E-state index is 0. The van der Waals surface area contributed by atoms with Crippen LogP contribution in [-0.4, -0.2) is 46.6 Å². The van der Waals surface area contributed by atoms with E-state index >= 15 is 0 Å². The molecule has 0 bridgehead atoms. The Morgan fingerprint density at radius 2 is 1.69 bits per heavy atom. The summed E-state index contributed by atoms with van der Waals surface area (Å²) in [4.78, 5) is 0. The maximum Gasteiger partial charge on any atom is 0.203 e. The van der Waals surface area contributed by atoms with Crippen molar-refractivity contribution in [2.75, 3.05) is 40.5 Å². The summed E-state index contributed by atoms with van der Waals surface area (Å²) in [5, 5.41) is 3.32. The molecule has 0 aliphatic carbocycles. The van der Waals surface area contributed by atoms with Crippen molar-refractivity contribution >= 4 is 12.4 Å². The van der Waals surface area contributed by atoms with Gasteiger partial charge in [0.15, 0.2) is 23.0 Å². The van der Waals surface area contributed by atoms with Crippen LogP contribution >= 0.6 is 12.4 Å². The molecule has 0 spiro atoms. The Balaban J connectivity index is 0.00000243. The second-order valence-corrected chi connectivity index (χ2v) is 5.54. The molecule has 1 N–H and O–H groups in total. The largest absolute Gasteiger partial charge is 0.493 e. The first-order valence-electron chi connectivity index (χ1n) is 8.25. The maximum absolute atomic E-state index is 5.90. The fraction of sp³-hybridized carbons (Fsp3) is 0.368. The van der Waals surface area contributed by atoms with E-state index in [9.17, 15) is 0 Å². The van der Waals surface area contributed by atoms with E-state index in [-0.39, 0.29) is 18.5 Å². The normalized spacial score (nSPS) is 14.9. The molecule has 142 valence electrons. The van der Waals surface area contributed by atoms with Crippen molar-refractivity contribution in [2.45, 2.75) is 6.10 Å². The fourth-order valence-electron chi connectivity index (χ4n) is 2.61. The molecule has 0 saturated carbocycles. The molecule has 0 unspecified atom stereocenters. The van der Waals surface area contributed by atoms with Gasteiger partial charge in [0.2, 0.25) is 5.75 Å². The first-order valence-corrected chi connectivity index (χ1v) is 8.25. The van der Waals surface area contributed by atoms with Crippen molar-refractivity contribution in [3.63, 3.8) is 0 Å². The van der Waals surface area contributed by atoms with Gasteiger partial charge < -0.3 is 29.0 Å². The van der Waals surface area contributed by atoms with Gasteiger partial charge in [0.25, 0.3) is 0 Å². The topological polar surface area (TPSA) is 58.2 Å². The molecule has 0 radical (unpaired) electrons. The lowest BCUT2D eigenvalue weighted by atomic mass is 10.2. The van der Waals surface area contributed by atoms with Gasteiger partial charge in [-0.2, -0.15) is 0 Å². The molecule has 1 aliphatic rings. The van der Waals surface area contributed by atoms with Crippen LogP contribution in [0.3, 0.4) is 0 Å². The third kappa shape index (κ3) is 4.86. The number of para-hydroxylation sites is 3. The van der Waals surface area contributed by atoms with Gasteiger partial charge in [-0.05, 0) is 24.3 Å². The highest BCUT2D eigenvalue weighted by Gasteiger charge is 2.20. The Bertz CT molecular complexity index is 675. The zero-order chi connectivity index (χ0) is 17.5. The molecule has 0 aromatic heterocycles. The molecule has 6 nitrogen and oxygen atoms in total. The Kier molecular flexibility index (Phi) is 7.69. The van der Waals surface area contributed by atoms with Crippen LogP contribution in [0.2, 0.25) is 0 Å². The minimum Gasteiger partial charge on any atom is -0.493 e. The van der Waals surface area contributed by atoms with E-state index in [1.807, 2.05) is 42.5 Å². The van der Waals surface area contributed by atoms with Gasteiger partial charge in [-0.25, -0.2) is 0 Å². The third-order valence-electron chi connectivity index (χ3n) is 3.85. The first kappa shape index (κ1) is 20.0. The molecule has 1 aliphatic heterocycles. The van der Waals surface area contributed by atoms with Crippen molar-refractivity contribution in [2.24, 2.45) is 0 Å². The lowest BCUT2D eigenvalue weighted by molar-refractivity contribution is 0.0897. The van der Waals surface area contributed by atoms with Crippen LogP contribution in [0.4, 0.5) is 0 Å². The highest BCUT2D eigenvalue weighted by atomic mass is 35.5. The second kappa shape index (κ2) is 9.99. The average molecular weight is 382 g/mol. The summed E-state index contributed by atoms with van der Waals surface area (Å²) in [6.45, 7) is 2.37. The highest BCUT2D eigenvalue weighted by molar-refractivity contribution is 5.85. The van der Waals surface area contributed by atoms with E-state index in [2.05, 4.69) is 5.32 Å². The summed E-state index contributed by atoms with van der Waals surface area (Å²) >= 11 is 0. The van der Waals surface area contributed by atoms with E-state index < -0.39 is 0 Å². The van der Waals surface area contributed by atoms with Gasteiger partial charge in [0.1, 0.15) is 19.3 Å². The molecule has 26 heavy (non-hydrogen) atoms. The van der Waals surface area contributed by atoms with Gasteiger partial charge >= 0.3 is 0 Å². The van der Waals surface area contributed by atoms with Crippen molar-refractivity contribution in [3.05, 3.63) is 42.5 Å². The van der Waals surface area contributed by atoms with Gasteiger partial charge in [0, 0.05) is 13.1 Å². The molecule has 2 aromatic carbocycles. The zero-order valence-corrected chi connectivity index (χ0v) is 15.7. The van der Waals surface area contributed by atoms with E-state index in [1.54, 1.807) is 14.2 Å². The minimum atomic E-state index is -0.0179. The zero-order valence-electron chi connectivity index (χ0n) is 14.9.